The summed E-state index contributed by atoms with van der Waals surface area (Å²) in [5, 5.41) is 17.6. The van der Waals surface area contributed by atoms with E-state index in [1.165, 1.54) is 22.6 Å². The Labute approximate surface area is 186 Å². The predicted octanol–water partition coefficient (Wildman–Crippen LogP) is 3.79. The van der Waals surface area contributed by atoms with Gasteiger partial charge in [-0.2, -0.15) is 0 Å². The highest BCUT2D eigenvalue weighted by atomic mass is 32.2. The summed E-state index contributed by atoms with van der Waals surface area (Å²) in [5.74, 6) is 2.61. The standard InChI is InChI=1S/C22H28N6S2/c1-17-26-27-20(28(17)2)15-24-21(23-13-10-18-9-6-14-29-18)25-16-22(11-12-22)30-19-7-4-3-5-8-19/h3-9,14H,10-13,15-16H2,1-2H3,(H2,23,24,25). The van der Waals surface area contributed by atoms with Gasteiger partial charge in [0.1, 0.15) is 12.4 Å². The van der Waals surface area contributed by atoms with Crippen LogP contribution in [-0.2, 0) is 20.0 Å². The fourth-order valence-electron chi connectivity index (χ4n) is 3.11. The third-order valence-electron chi connectivity index (χ3n) is 5.27. The van der Waals surface area contributed by atoms with Crippen molar-refractivity contribution < 1.29 is 0 Å². The number of thiophene rings is 1. The average molecular weight is 441 g/mol. The normalized spacial score (nSPS) is 15.2. The van der Waals surface area contributed by atoms with Gasteiger partial charge in [0.25, 0.3) is 0 Å². The molecule has 0 radical (unpaired) electrons. The number of nitrogens with zero attached hydrogens (tertiary/aromatic N) is 4. The zero-order valence-electron chi connectivity index (χ0n) is 17.5. The number of guanidine groups is 1. The first-order chi connectivity index (χ1) is 14.6. The van der Waals surface area contributed by atoms with E-state index in [-0.39, 0.29) is 4.75 Å². The monoisotopic (exact) mass is 440 g/mol. The smallest absolute Gasteiger partial charge is 0.191 e. The maximum Gasteiger partial charge on any atom is 0.191 e. The summed E-state index contributed by atoms with van der Waals surface area (Å²) >= 11 is 3.76. The van der Waals surface area contributed by atoms with Gasteiger partial charge in [-0.25, -0.2) is 4.99 Å². The molecule has 30 heavy (non-hydrogen) atoms. The minimum absolute atomic E-state index is 0.263. The lowest BCUT2D eigenvalue weighted by Gasteiger charge is -2.18. The van der Waals surface area contributed by atoms with E-state index in [0.29, 0.717) is 6.54 Å². The van der Waals surface area contributed by atoms with Crippen LogP contribution in [0.2, 0.25) is 0 Å². The van der Waals surface area contributed by atoms with Crippen molar-refractivity contribution in [3.8, 4) is 0 Å². The van der Waals surface area contributed by atoms with E-state index in [4.69, 9.17) is 4.99 Å². The Kier molecular flexibility index (Phi) is 6.74. The minimum atomic E-state index is 0.263. The molecule has 2 heterocycles. The van der Waals surface area contributed by atoms with E-state index in [1.807, 2.05) is 30.3 Å². The van der Waals surface area contributed by atoms with Gasteiger partial charge in [0.15, 0.2) is 11.8 Å². The van der Waals surface area contributed by atoms with Gasteiger partial charge >= 0.3 is 0 Å². The van der Waals surface area contributed by atoms with Gasteiger partial charge in [0.05, 0.1) is 0 Å². The Bertz CT molecular complexity index is 961. The van der Waals surface area contributed by atoms with Crippen LogP contribution in [-0.4, -0.2) is 38.6 Å². The summed E-state index contributed by atoms with van der Waals surface area (Å²) in [6.45, 7) is 4.21. The van der Waals surface area contributed by atoms with Crippen LogP contribution in [0.1, 0.15) is 29.4 Å². The minimum Gasteiger partial charge on any atom is -0.356 e. The fourth-order valence-corrected chi connectivity index (χ4v) is 5.06. The Morgan fingerprint density at radius 1 is 1.17 bits per heavy atom. The van der Waals surface area contributed by atoms with Crippen LogP contribution in [0.4, 0.5) is 0 Å². The first-order valence-electron chi connectivity index (χ1n) is 10.3. The van der Waals surface area contributed by atoms with Gasteiger partial charge in [0, 0.05) is 34.7 Å². The zero-order valence-corrected chi connectivity index (χ0v) is 19.1. The summed E-state index contributed by atoms with van der Waals surface area (Å²) in [6.07, 6.45) is 3.44. The van der Waals surface area contributed by atoms with Crippen molar-refractivity contribution in [3.05, 3.63) is 64.4 Å². The Morgan fingerprint density at radius 3 is 2.67 bits per heavy atom. The molecular weight excluding hydrogens is 412 g/mol. The highest BCUT2D eigenvalue weighted by Crippen LogP contribution is 2.51. The maximum absolute atomic E-state index is 4.79. The Balaban J connectivity index is 1.37. The first kappa shape index (κ1) is 20.9. The van der Waals surface area contributed by atoms with Crippen LogP contribution in [0.15, 0.2) is 57.7 Å². The molecule has 1 saturated carbocycles. The SMILES string of the molecule is Cc1nnc(CN=C(NCCc2cccs2)NCC2(Sc3ccccc3)CC2)n1C. The Morgan fingerprint density at radius 2 is 2.00 bits per heavy atom. The lowest BCUT2D eigenvalue weighted by Crippen LogP contribution is -2.42. The number of benzene rings is 1. The van der Waals surface area contributed by atoms with Gasteiger partial charge in [-0.05, 0) is 49.8 Å². The van der Waals surface area contributed by atoms with Crippen molar-refractivity contribution in [2.45, 2.75) is 42.4 Å². The number of rotatable bonds is 9. The van der Waals surface area contributed by atoms with Crippen molar-refractivity contribution in [1.29, 1.82) is 0 Å². The molecule has 1 aromatic carbocycles. The number of nitrogens with one attached hydrogen (secondary N) is 2. The second kappa shape index (κ2) is 9.66. The molecule has 0 aliphatic heterocycles. The van der Waals surface area contributed by atoms with Crippen molar-refractivity contribution in [2.24, 2.45) is 12.0 Å². The van der Waals surface area contributed by atoms with Gasteiger partial charge in [-0.1, -0.05) is 24.3 Å². The fraction of sp³-hybridized carbons (Fsp3) is 0.409. The van der Waals surface area contributed by atoms with Crippen LogP contribution >= 0.6 is 23.1 Å². The lowest BCUT2D eigenvalue weighted by molar-refractivity contribution is 0.736. The molecule has 4 rings (SSSR count). The molecular formula is C22H28N6S2. The molecule has 2 N–H and O–H groups in total. The van der Waals surface area contributed by atoms with E-state index in [1.54, 1.807) is 11.3 Å². The molecule has 3 aromatic rings. The number of aromatic nitrogens is 3. The number of aryl methyl sites for hydroxylation is 1. The molecule has 1 aliphatic carbocycles. The van der Waals surface area contributed by atoms with Crippen LogP contribution in [0.3, 0.4) is 0 Å². The van der Waals surface area contributed by atoms with Crippen molar-refractivity contribution in [2.75, 3.05) is 13.1 Å². The quantitative estimate of drug-likeness (QED) is 0.391. The van der Waals surface area contributed by atoms with Crippen LogP contribution in [0.5, 0.6) is 0 Å². The molecule has 0 unspecified atom stereocenters. The highest BCUT2D eigenvalue weighted by molar-refractivity contribution is 8.01. The molecule has 158 valence electrons. The van der Waals surface area contributed by atoms with E-state index >= 15 is 0 Å². The molecule has 6 nitrogen and oxygen atoms in total. The molecule has 0 bridgehead atoms. The van der Waals surface area contributed by atoms with Gasteiger partial charge in [0.2, 0.25) is 0 Å². The van der Waals surface area contributed by atoms with Crippen molar-refractivity contribution in [3.63, 3.8) is 0 Å². The van der Waals surface area contributed by atoms with Gasteiger partial charge in [-0.15, -0.1) is 33.3 Å². The van der Waals surface area contributed by atoms with Crippen molar-refractivity contribution in [1.82, 2.24) is 25.4 Å². The molecule has 8 heteroatoms. The van der Waals surface area contributed by atoms with Crippen molar-refractivity contribution >= 4 is 29.1 Å². The second-order valence-corrected chi connectivity index (χ2v) is 10.2. The lowest BCUT2D eigenvalue weighted by atomic mass is 10.3. The molecule has 1 fully saturated rings. The van der Waals surface area contributed by atoms with Crippen LogP contribution < -0.4 is 10.6 Å². The topological polar surface area (TPSA) is 67.1 Å². The molecule has 0 atom stereocenters. The summed E-state index contributed by atoms with van der Waals surface area (Å²) in [7, 11) is 1.98. The van der Waals surface area contributed by atoms with Gasteiger partial charge in [-0.3, -0.25) is 0 Å². The maximum atomic E-state index is 4.79. The van der Waals surface area contributed by atoms with Crippen LogP contribution in [0.25, 0.3) is 0 Å². The molecule has 0 spiro atoms. The van der Waals surface area contributed by atoms with Gasteiger partial charge < -0.3 is 15.2 Å². The number of aliphatic imine (C=N–C) groups is 1. The summed E-state index contributed by atoms with van der Waals surface area (Å²) < 4.78 is 2.25. The average Bonchev–Trinajstić information content (AvgIpc) is 3.16. The largest absolute Gasteiger partial charge is 0.356 e. The number of hydrogen-bond donors (Lipinski definition) is 2. The summed E-state index contributed by atoms with van der Waals surface area (Å²) in [4.78, 5) is 7.50. The highest BCUT2D eigenvalue weighted by Gasteiger charge is 2.43. The molecule has 0 saturated heterocycles. The predicted molar refractivity (Wildman–Crippen MR) is 125 cm³/mol. The van der Waals surface area contributed by atoms with E-state index in [0.717, 1.165) is 37.1 Å². The van der Waals surface area contributed by atoms with E-state index in [2.05, 4.69) is 68.7 Å². The van der Waals surface area contributed by atoms with Crippen LogP contribution in [0, 0.1) is 6.92 Å². The molecule has 0 amide bonds. The second-order valence-electron chi connectivity index (χ2n) is 7.60. The third-order valence-corrected chi connectivity index (χ3v) is 7.70. The number of thioether (sulfide) groups is 1. The molecule has 2 aromatic heterocycles. The van der Waals surface area contributed by atoms with E-state index in [9.17, 15) is 0 Å². The molecule has 1 aliphatic rings. The summed E-state index contributed by atoms with van der Waals surface area (Å²) in [6, 6.07) is 14.9. The Hall–Kier alpha value is -2.32. The zero-order chi connectivity index (χ0) is 20.8. The number of hydrogen-bond acceptors (Lipinski definition) is 5. The van der Waals surface area contributed by atoms with E-state index < -0.39 is 0 Å². The summed E-state index contributed by atoms with van der Waals surface area (Å²) in [5.41, 5.74) is 0. The third kappa shape index (κ3) is 5.64. The first-order valence-corrected chi connectivity index (χ1v) is 12.0.